The van der Waals surface area contributed by atoms with E-state index in [9.17, 15) is 22.5 Å². The Bertz CT molecular complexity index is 1180. The van der Waals surface area contributed by atoms with Crippen LogP contribution in [-0.4, -0.2) is 61.7 Å². The van der Waals surface area contributed by atoms with Gasteiger partial charge in [-0.25, -0.2) is 12.6 Å². The van der Waals surface area contributed by atoms with Gasteiger partial charge in [-0.3, -0.25) is 4.79 Å². The highest BCUT2D eigenvalue weighted by Crippen LogP contribution is 2.22. The van der Waals surface area contributed by atoms with Crippen LogP contribution in [-0.2, 0) is 30.5 Å². The van der Waals surface area contributed by atoms with Crippen LogP contribution >= 0.6 is 0 Å². The summed E-state index contributed by atoms with van der Waals surface area (Å²) >= 11 is 0. The smallest absolute Gasteiger partial charge is 0.322 e. The second kappa shape index (κ2) is 14.1. The lowest BCUT2D eigenvalue weighted by Gasteiger charge is -2.28. The van der Waals surface area contributed by atoms with Crippen molar-refractivity contribution in [3.63, 3.8) is 0 Å². The van der Waals surface area contributed by atoms with E-state index in [1.807, 2.05) is 26.0 Å². The minimum absolute atomic E-state index is 0.0215. The van der Waals surface area contributed by atoms with Crippen molar-refractivity contribution < 1.29 is 27.3 Å². The molecule has 0 fully saturated rings. The van der Waals surface area contributed by atoms with Crippen molar-refractivity contribution in [1.82, 2.24) is 4.31 Å². The Labute approximate surface area is 224 Å². The van der Waals surface area contributed by atoms with Crippen LogP contribution in [0.15, 0.2) is 62.7 Å². The molecule has 0 radical (unpaired) electrons. The number of rotatable bonds is 15. The van der Waals surface area contributed by atoms with E-state index in [4.69, 9.17) is 4.74 Å². The molecule has 2 aromatic carbocycles. The van der Waals surface area contributed by atoms with Crippen LogP contribution in [0.5, 0.6) is 0 Å². The first-order valence-corrected chi connectivity index (χ1v) is 18.5. The van der Waals surface area contributed by atoms with Crippen molar-refractivity contribution in [2.45, 2.75) is 74.6 Å². The number of carboxylic acids is 1. The minimum Gasteiger partial charge on any atom is -0.480 e. The number of carboxylic acid groups (broad SMARTS) is 1. The number of sulfonamides is 1. The number of benzene rings is 2. The molecule has 0 bridgehead atoms. The van der Waals surface area contributed by atoms with Crippen LogP contribution in [0.3, 0.4) is 0 Å². The van der Waals surface area contributed by atoms with Gasteiger partial charge in [0, 0.05) is 20.9 Å². The third-order valence-electron chi connectivity index (χ3n) is 5.68. The standard InChI is InChI=1S/C26H38N2O6S2Si/c1-21-9-13-23(14-10-21)35(31)27-17-7-6-8-25(26(29)30)28(20-34-18-19-37(3,4)5)36(32,33)24-15-11-22(2)12-16-24/h9-17,25H,6-8,18-20H2,1-5H3,(H,29,30)/b27-17+/t25-,35?/m0/s1. The summed E-state index contributed by atoms with van der Waals surface area (Å²) in [6.45, 7) is 10.4. The van der Waals surface area contributed by atoms with Gasteiger partial charge in [0.05, 0.1) is 9.79 Å². The van der Waals surface area contributed by atoms with Crippen molar-refractivity contribution in [2.75, 3.05) is 13.3 Å². The van der Waals surface area contributed by atoms with E-state index in [0.717, 1.165) is 21.5 Å². The molecule has 11 heteroatoms. The fraction of sp³-hybridized carbons (Fsp3) is 0.462. The zero-order valence-electron chi connectivity index (χ0n) is 22.2. The number of hydrogen-bond acceptors (Lipinski definition) is 5. The van der Waals surface area contributed by atoms with Crippen molar-refractivity contribution in [2.24, 2.45) is 4.40 Å². The number of carbonyl (C=O) groups is 1. The zero-order valence-corrected chi connectivity index (χ0v) is 24.8. The molecule has 0 saturated heterocycles. The maximum absolute atomic E-state index is 13.5. The van der Waals surface area contributed by atoms with Crippen LogP contribution in [0, 0.1) is 13.8 Å². The van der Waals surface area contributed by atoms with Crippen LogP contribution in [0.4, 0.5) is 0 Å². The molecule has 0 aromatic heterocycles. The summed E-state index contributed by atoms with van der Waals surface area (Å²) in [6.07, 6.45) is 2.26. The van der Waals surface area contributed by atoms with Gasteiger partial charge in [0.25, 0.3) is 0 Å². The van der Waals surface area contributed by atoms with Gasteiger partial charge < -0.3 is 9.84 Å². The van der Waals surface area contributed by atoms with Crippen molar-refractivity contribution in [3.05, 3.63) is 59.7 Å². The number of aliphatic carboxylic acids is 1. The average Bonchev–Trinajstić information content (AvgIpc) is 2.81. The summed E-state index contributed by atoms with van der Waals surface area (Å²) in [5.41, 5.74) is 1.95. The van der Waals surface area contributed by atoms with E-state index in [1.165, 1.54) is 18.3 Å². The quantitative estimate of drug-likeness (QED) is 0.140. The van der Waals surface area contributed by atoms with Crippen LogP contribution < -0.4 is 0 Å². The Morgan fingerprint density at radius 3 is 2.19 bits per heavy atom. The Kier molecular flexibility index (Phi) is 11.8. The fourth-order valence-corrected chi connectivity index (χ4v) is 6.32. The van der Waals surface area contributed by atoms with E-state index >= 15 is 0 Å². The molecular weight excluding hydrogens is 529 g/mol. The minimum atomic E-state index is -4.12. The summed E-state index contributed by atoms with van der Waals surface area (Å²) in [7, 11) is -7.07. The molecule has 1 N–H and O–H groups in total. The molecule has 1 unspecified atom stereocenters. The molecule has 2 rings (SSSR count). The maximum Gasteiger partial charge on any atom is 0.322 e. The first-order chi connectivity index (χ1) is 17.3. The average molecular weight is 567 g/mol. The van der Waals surface area contributed by atoms with Gasteiger partial charge in [-0.1, -0.05) is 55.0 Å². The summed E-state index contributed by atoms with van der Waals surface area (Å²) in [6, 6.07) is 13.0. The van der Waals surface area contributed by atoms with Gasteiger partial charge in [-0.2, -0.15) is 8.70 Å². The van der Waals surface area contributed by atoms with Crippen LogP contribution in [0.2, 0.25) is 25.7 Å². The number of unbranched alkanes of at least 4 members (excludes halogenated alkanes) is 1. The molecule has 0 saturated carbocycles. The molecule has 0 amide bonds. The Balaban J connectivity index is 2.13. The number of nitrogens with zero attached hydrogens (tertiary/aromatic N) is 2. The Morgan fingerprint density at radius 2 is 1.65 bits per heavy atom. The summed E-state index contributed by atoms with van der Waals surface area (Å²) in [5.74, 6) is -1.25. The molecule has 0 heterocycles. The predicted molar refractivity (Wildman–Crippen MR) is 151 cm³/mol. The molecule has 8 nitrogen and oxygen atoms in total. The molecule has 37 heavy (non-hydrogen) atoms. The van der Waals surface area contributed by atoms with Gasteiger partial charge in [0.1, 0.15) is 12.8 Å². The number of aryl methyl sites for hydroxylation is 2. The monoisotopic (exact) mass is 566 g/mol. The van der Waals surface area contributed by atoms with Crippen molar-refractivity contribution in [1.29, 1.82) is 0 Å². The highest BCUT2D eigenvalue weighted by Gasteiger charge is 2.36. The zero-order chi connectivity index (χ0) is 27.6. The first kappa shape index (κ1) is 31.0. The van der Waals surface area contributed by atoms with Gasteiger partial charge in [0.2, 0.25) is 10.0 Å². The first-order valence-electron chi connectivity index (χ1n) is 12.2. The largest absolute Gasteiger partial charge is 0.480 e. The lowest BCUT2D eigenvalue weighted by molar-refractivity contribution is -0.143. The number of hydrogen-bond donors (Lipinski definition) is 1. The molecule has 0 aliphatic rings. The normalized spacial score (nSPS) is 14.2. The van der Waals surface area contributed by atoms with E-state index in [-0.39, 0.29) is 18.0 Å². The fourth-order valence-electron chi connectivity index (χ4n) is 3.33. The summed E-state index contributed by atoms with van der Waals surface area (Å²) in [4.78, 5) is 12.8. The Morgan fingerprint density at radius 1 is 1.08 bits per heavy atom. The highest BCUT2D eigenvalue weighted by molar-refractivity contribution is 7.89. The molecule has 2 aromatic rings. The Hall–Kier alpha value is -2.18. The van der Waals surface area contributed by atoms with E-state index < -0.39 is 41.1 Å². The van der Waals surface area contributed by atoms with E-state index in [2.05, 4.69) is 24.0 Å². The molecule has 0 aliphatic heterocycles. The summed E-state index contributed by atoms with van der Waals surface area (Å²) in [5, 5.41) is 9.96. The van der Waals surface area contributed by atoms with E-state index in [1.54, 1.807) is 24.3 Å². The second-order valence-corrected chi connectivity index (χ2v) is 18.9. The SMILES string of the molecule is Cc1ccc(S(=O)/N=C/CCC[C@@H](C(=O)O)N(COCC[Si](C)(C)C)S(=O)(=O)c2ccc(C)cc2)cc1. The topological polar surface area (TPSA) is 113 Å². The lowest BCUT2D eigenvalue weighted by atomic mass is 10.1. The van der Waals surface area contributed by atoms with Gasteiger partial charge in [-0.05, 0) is 63.4 Å². The van der Waals surface area contributed by atoms with Gasteiger partial charge in [-0.15, -0.1) is 0 Å². The summed E-state index contributed by atoms with van der Waals surface area (Å²) < 4.78 is 49.9. The van der Waals surface area contributed by atoms with Crippen LogP contribution in [0.1, 0.15) is 30.4 Å². The van der Waals surface area contributed by atoms with E-state index in [0.29, 0.717) is 24.3 Å². The molecule has 0 aliphatic carbocycles. The maximum atomic E-state index is 13.5. The van der Waals surface area contributed by atoms with Gasteiger partial charge in [0.15, 0.2) is 11.0 Å². The molecule has 0 spiro atoms. The highest BCUT2D eigenvalue weighted by atomic mass is 32.2. The number of ether oxygens (including phenoxy) is 1. The second-order valence-electron chi connectivity index (χ2n) is 10.2. The molecule has 2 atom stereocenters. The predicted octanol–water partition coefficient (Wildman–Crippen LogP) is 5.02. The van der Waals surface area contributed by atoms with Gasteiger partial charge >= 0.3 is 5.97 Å². The third kappa shape index (κ3) is 10.2. The molecule has 204 valence electrons. The molecular formula is C26H38N2O6S2Si. The third-order valence-corrected chi connectivity index (χ3v) is 10.2. The van der Waals surface area contributed by atoms with Crippen LogP contribution in [0.25, 0.3) is 0 Å². The van der Waals surface area contributed by atoms with Crippen molar-refractivity contribution >= 4 is 41.3 Å². The van der Waals surface area contributed by atoms with Crippen molar-refractivity contribution in [3.8, 4) is 0 Å². The lowest BCUT2D eigenvalue weighted by Crippen LogP contribution is -2.46.